The van der Waals surface area contributed by atoms with Gasteiger partial charge in [-0.1, -0.05) is 13.8 Å². The Kier molecular flexibility index (Phi) is 14.7. The maximum atomic E-state index is 12.9. The monoisotopic (exact) mass is 489 g/mol. The van der Waals surface area contributed by atoms with Gasteiger partial charge in [0.1, 0.15) is 24.2 Å². The minimum absolute atomic E-state index is 0.0518. The lowest BCUT2D eigenvalue weighted by Crippen LogP contribution is -2.58. The molecule has 0 aliphatic rings. The summed E-state index contributed by atoms with van der Waals surface area (Å²) in [7, 11) is 0. The Morgan fingerprint density at radius 1 is 0.794 bits per heavy atom. The molecule has 13 nitrogen and oxygen atoms in total. The van der Waals surface area contributed by atoms with E-state index in [0.717, 1.165) is 0 Å². The van der Waals surface area contributed by atoms with Crippen LogP contribution >= 0.6 is 0 Å². The van der Waals surface area contributed by atoms with Gasteiger partial charge in [0.05, 0.1) is 6.10 Å². The van der Waals surface area contributed by atoms with E-state index >= 15 is 0 Å². The molecule has 34 heavy (non-hydrogen) atoms. The van der Waals surface area contributed by atoms with Gasteiger partial charge in [-0.3, -0.25) is 19.2 Å². The van der Waals surface area contributed by atoms with Gasteiger partial charge < -0.3 is 42.7 Å². The molecule has 0 saturated heterocycles. The molecule has 0 bridgehead atoms. The van der Waals surface area contributed by atoms with Crippen LogP contribution in [0, 0.1) is 5.92 Å². The normalized spacial score (nSPS) is 15.5. The fourth-order valence-electron chi connectivity index (χ4n) is 3.02. The number of nitrogens with one attached hydrogen (secondary N) is 3. The Hall–Kier alpha value is -2.77. The van der Waals surface area contributed by atoms with Crippen LogP contribution in [0.1, 0.15) is 59.3 Å². The van der Waals surface area contributed by atoms with Crippen molar-refractivity contribution in [2.45, 2.75) is 89.6 Å². The summed E-state index contributed by atoms with van der Waals surface area (Å²) in [6.07, 6.45) is -0.621. The van der Waals surface area contributed by atoms with Crippen LogP contribution in [-0.2, 0) is 24.0 Å². The Morgan fingerprint density at radius 3 is 1.79 bits per heavy atom. The molecule has 0 spiro atoms. The van der Waals surface area contributed by atoms with Crippen molar-refractivity contribution >= 4 is 29.7 Å². The number of hydrogen-bond acceptors (Lipinski definition) is 8. The van der Waals surface area contributed by atoms with Crippen LogP contribution in [0.2, 0.25) is 0 Å². The maximum Gasteiger partial charge on any atom is 0.326 e. The molecule has 3 amide bonds. The first-order valence-corrected chi connectivity index (χ1v) is 11.3. The molecular weight excluding hydrogens is 450 g/mol. The highest BCUT2D eigenvalue weighted by molar-refractivity contribution is 5.94. The summed E-state index contributed by atoms with van der Waals surface area (Å²) in [6.45, 7) is 5.28. The largest absolute Gasteiger partial charge is 0.481 e. The second-order valence-corrected chi connectivity index (χ2v) is 8.63. The first kappa shape index (κ1) is 31.2. The molecule has 0 aliphatic carbocycles. The lowest BCUT2D eigenvalue weighted by Gasteiger charge is -2.26. The second-order valence-electron chi connectivity index (χ2n) is 8.63. The number of nitrogens with two attached hydrogens (primary N) is 2. The number of carbonyl (C=O) groups is 5. The molecule has 0 radical (unpaired) electrons. The number of carboxylic acids is 2. The van der Waals surface area contributed by atoms with Crippen LogP contribution in [0.15, 0.2) is 0 Å². The van der Waals surface area contributed by atoms with Gasteiger partial charge in [-0.2, -0.15) is 0 Å². The molecule has 5 unspecified atom stereocenters. The van der Waals surface area contributed by atoms with Crippen molar-refractivity contribution < 1.29 is 39.3 Å². The van der Waals surface area contributed by atoms with Gasteiger partial charge in [0.15, 0.2) is 0 Å². The zero-order chi connectivity index (χ0) is 26.4. The van der Waals surface area contributed by atoms with Crippen LogP contribution in [0.5, 0.6) is 0 Å². The molecule has 0 aromatic rings. The summed E-state index contributed by atoms with van der Waals surface area (Å²) in [5, 5.41) is 35.1. The maximum absolute atomic E-state index is 12.9. The molecular formula is C21H39N5O8. The highest BCUT2D eigenvalue weighted by atomic mass is 16.4. The zero-order valence-corrected chi connectivity index (χ0v) is 20.0. The van der Waals surface area contributed by atoms with Crippen LogP contribution in [0.3, 0.4) is 0 Å². The Balaban J connectivity index is 5.53. The number of aliphatic hydroxyl groups excluding tert-OH is 1. The minimum atomic E-state index is -1.35. The Labute approximate surface area is 199 Å². The highest BCUT2D eigenvalue weighted by Gasteiger charge is 2.31. The van der Waals surface area contributed by atoms with Gasteiger partial charge in [-0.25, -0.2) is 4.79 Å². The van der Waals surface area contributed by atoms with E-state index < -0.39 is 66.4 Å². The van der Waals surface area contributed by atoms with Gasteiger partial charge in [0.25, 0.3) is 0 Å². The molecule has 0 aliphatic heterocycles. The van der Waals surface area contributed by atoms with E-state index in [-0.39, 0.29) is 25.2 Å². The van der Waals surface area contributed by atoms with E-state index in [0.29, 0.717) is 19.4 Å². The summed E-state index contributed by atoms with van der Waals surface area (Å²) >= 11 is 0. The zero-order valence-electron chi connectivity index (χ0n) is 20.0. The average molecular weight is 490 g/mol. The molecule has 5 atom stereocenters. The number of aliphatic hydroxyl groups is 1. The van der Waals surface area contributed by atoms with Crippen LogP contribution in [0.4, 0.5) is 0 Å². The van der Waals surface area contributed by atoms with Gasteiger partial charge in [-0.15, -0.1) is 0 Å². The SMILES string of the molecule is CC(C)CC(NC(=O)C(N)C(C)O)C(=O)NC(CCC(=O)O)C(=O)NC(CCCCN)C(=O)O. The quantitative estimate of drug-likeness (QED) is 0.107. The van der Waals surface area contributed by atoms with Crippen molar-refractivity contribution in [1.29, 1.82) is 0 Å². The van der Waals surface area contributed by atoms with Gasteiger partial charge in [0, 0.05) is 6.42 Å². The van der Waals surface area contributed by atoms with E-state index in [1.807, 2.05) is 0 Å². The van der Waals surface area contributed by atoms with E-state index in [1.165, 1.54) is 6.92 Å². The van der Waals surface area contributed by atoms with Gasteiger partial charge in [-0.05, 0) is 51.5 Å². The fraction of sp³-hybridized carbons (Fsp3) is 0.762. The van der Waals surface area contributed by atoms with Crippen molar-refractivity contribution in [3.63, 3.8) is 0 Å². The smallest absolute Gasteiger partial charge is 0.326 e. The first-order chi connectivity index (χ1) is 15.8. The number of rotatable bonds is 17. The van der Waals surface area contributed by atoms with E-state index in [2.05, 4.69) is 16.0 Å². The number of carboxylic acid groups (broad SMARTS) is 2. The van der Waals surface area contributed by atoms with E-state index in [1.54, 1.807) is 13.8 Å². The van der Waals surface area contributed by atoms with Crippen molar-refractivity contribution in [1.82, 2.24) is 16.0 Å². The van der Waals surface area contributed by atoms with Crippen molar-refractivity contribution in [2.24, 2.45) is 17.4 Å². The predicted molar refractivity (Wildman–Crippen MR) is 122 cm³/mol. The summed E-state index contributed by atoms with van der Waals surface area (Å²) in [6, 6.07) is -4.98. The number of unbranched alkanes of at least 4 members (excludes halogenated alkanes) is 1. The van der Waals surface area contributed by atoms with Gasteiger partial charge >= 0.3 is 11.9 Å². The van der Waals surface area contributed by atoms with Gasteiger partial charge in [0.2, 0.25) is 17.7 Å². The third kappa shape index (κ3) is 12.5. The van der Waals surface area contributed by atoms with Crippen molar-refractivity contribution in [3.05, 3.63) is 0 Å². The summed E-state index contributed by atoms with van der Waals surface area (Å²) < 4.78 is 0. The predicted octanol–water partition coefficient (Wildman–Crippen LogP) is -1.73. The van der Waals surface area contributed by atoms with Crippen LogP contribution in [-0.4, -0.2) is 81.8 Å². The number of carbonyl (C=O) groups excluding carboxylic acids is 3. The van der Waals surface area contributed by atoms with E-state index in [4.69, 9.17) is 16.6 Å². The first-order valence-electron chi connectivity index (χ1n) is 11.3. The lowest BCUT2D eigenvalue weighted by molar-refractivity contribution is -0.143. The third-order valence-electron chi connectivity index (χ3n) is 5.00. The molecule has 0 heterocycles. The second kappa shape index (κ2) is 16.0. The van der Waals surface area contributed by atoms with E-state index in [9.17, 15) is 34.2 Å². The molecule has 0 rings (SSSR count). The van der Waals surface area contributed by atoms with Crippen LogP contribution in [0.25, 0.3) is 0 Å². The molecule has 0 fully saturated rings. The number of amides is 3. The number of hydrogen-bond donors (Lipinski definition) is 8. The summed E-state index contributed by atoms with van der Waals surface area (Å²) in [5.74, 6) is -4.92. The Bertz CT molecular complexity index is 701. The third-order valence-corrected chi connectivity index (χ3v) is 5.00. The molecule has 0 saturated carbocycles. The minimum Gasteiger partial charge on any atom is -0.481 e. The standard InChI is InChI=1S/C21H39N5O8/c1-11(2)10-15(26-20(32)17(23)12(3)27)19(31)24-13(7-8-16(28)29)18(30)25-14(21(33)34)6-4-5-9-22/h11-15,17,27H,4-10,22-23H2,1-3H3,(H,24,31)(H,25,30)(H,26,32)(H,28,29)(H,33,34). The lowest BCUT2D eigenvalue weighted by atomic mass is 10.0. The molecule has 13 heteroatoms. The molecule has 10 N–H and O–H groups in total. The Morgan fingerprint density at radius 2 is 1.32 bits per heavy atom. The topological polar surface area (TPSA) is 234 Å². The molecule has 0 aromatic carbocycles. The average Bonchev–Trinajstić information content (AvgIpc) is 2.73. The summed E-state index contributed by atoms with van der Waals surface area (Å²) in [4.78, 5) is 60.5. The molecule has 196 valence electrons. The fourth-order valence-corrected chi connectivity index (χ4v) is 3.02. The number of aliphatic carboxylic acids is 2. The van der Waals surface area contributed by atoms with Crippen molar-refractivity contribution in [2.75, 3.05) is 6.54 Å². The molecule has 0 aromatic heterocycles. The van der Waals surface area contributed by atoms with Crippen molar-refractivity contribution in [3.8, 4) is 0 Å². The highest BCUT2D eigenvalue weighted by Crippen LogP contribution is 2.09. The summed E-state index contributed by atoms with van der Waals surface area (Å²) in [5.41, 5.74) is 11.0. The van der Waals surface area contributed by atoms with Crippen LogP contribution < -0.4 is 27.4 Å².